The summed E-state index contributed by atoms with van der Waals surface area (Å²) in [6.07, 6.45) is 4.37. The van der Waals surface area contributed by atoms with Crippen LogP contribution in [0, 0.1) is 5.92 Å². The Labute approximate surface area is 167 Å². The molecule has 0 saturated carbocycles. The number of para-hydroxylation sites is 2. The Balaban J connectivity index is 1.61. The van der Waals surface area contributed by atoms with Crippen molar-refractivity contribution in [3.05, 3.63) is 64.8 Å². The molecule has 3 aromatic heterocycles. The highest BCUT2D eigenvalue weighted by Crippen LogP contribution is 2.16. The molecule has 1 aromatic carbocycles. The maximum atomic E-state index is 13.1. The minimum atomic E-state index is -0.284. The van der Waals surface area contributed by atoms with Crippen LogP contribution in [0.15, 0.2) is 53.6 Å². The molecule has 4 aromatic rings. The van der Waals surface area contributed by atoms with E-state index in [1.807, 2.05) is 41.2 Å². The summed E-state index contributed by atoms with van der Waals surface area (Å²) in [5.74, 6) is 0.0343. The van der Waals surface area contributed by atoms with Crippen molar-refractivity contribution >= 4 is 22.5 Å². The Morgan fingerprint density at radius 3 is 2.66 bits per heavy atom. The number of hydrogen-bond donors (Lipinski definition) is 1. The van der Waals surface area contributed by atoms with Crippen molar-refractivity contribution in [2.45, 2.75) is 33.4 Å². The van der Waals surface area contributed by atoms with Gasteiger partial charge in [0, 0.05) is 38.1 Å². The van der Waals surface area contributed by atoms with Crippen LogP contribution in [0.1, 0.15) is 30.8 Å². The van der Waals surface area contributed by atoms with Crippen LogP contribution in [0.5, 0.6) is 0 Å². The van der Waals surface area contributed by atoms with Gasteiger partial charge in [-0.15, -0.1) is 0 Å². The molecule has 29 heavy (non-hydrogen) atoms. The molecule has 1 N–H and O–H groups in total. The lowest BCUT2D eigenvalue weighted by Crippen LogP contribution is -2.25. The average molecular weight is 392 g/mol. The van der Waals surface area contributed by atoms with E-state index in [9.17, 15) is 9.59 Å². The Morgan fingerprint density at radius 1 is 1.14 bits per heavy atom. The number of hydrogen-bond acceptors (Lipinski definition) is 4. The van der Waals surface area contributed by atoms with Gasteiger partial charge < -0.3 is 9.88 Å². The first kappa shape index (κ1) is 18.9. The number of amides is 1. The van der Waals surface area contributed by atoms with E-state index in [0.29, 0.717) is 24.5 Å². The molecule has 0 spiro atoms. The maximum absolute atomic E-state index is 13.1. The fourth-order valence-corrected chi connectivity index (χ4v) is 3.46. The van der Waals surface area contributed by atoms with Crippen LogP contribution in [0.3, 0.4) is 0 Å². The van der Waals surface area contributed by atoms with Crippen molar-refractivity contribution in [1.82, 2.24) is 29.3 Å². The van der Waals surface area contributed by atoms with Crippen LogP contribution in [0.4, 0.5) is 0 Å². The number of fused-ring (bicyclic) bond motifs is 3. The minimum absolute atomic E-state index is 0.136. The van der Waals surface area contributed by atoms with Gasteiger partial charge in [-0.1, -0.05) is 26.0 Å². The topological polar surface area (TPSA) is 86.2 Å². The lowest BCUT2D eigenvalue weighted by Gasteiger charge is -2.13. The van der Waals surface area contributed by atoms with Crippen molar-refractivity contribution < 1.29 is 4.79 Å². The second-order valence-electron chi connectivity index (χ2n) is 7.50. The van der Waals surface area contributed by atoms with Gasteiger partial charge in [0.05, 0.1) is 11.0 Å². The Hall–Kier alpha value is -3.42. The van der Waals surface area contributed by atoms with Crippen molar-refractivity contribution in [2.24, 2.45) is 5.92 Å². The fourth-order valence-electron chi connectivity index (χ4n) is 3.46. The molecule has 8 heteroatoms. The summed E-state index contributed by atoms with van der Waals surface area (Å²) < 4.78 is 5.16. The lowest BCUT2D eigenvalue weighted by atomic mass is 10.2. The van der Waals surface area contributed by atoms with Gasteiger partial charge in [0.25, 0.3) is 11.5 Å². The first-order chi connectivity index (χ1) is 14.0. The zero-order valence-corrected chi connectivity index (χ0v) is 16.6. The molecule has 0 fully saturated rings. The van der Waals surface area contributed by atoms with Gasteiger partial charge in [-0.25, -0.2) is 4.52 Å². The third kappa shape index (κ3) is 3.78. The third-order valence-electron chi connectivity index (χ3n) is 4.76. The van der Waals surface area contributed by atoms with Crippen molar-refractivity contribution in [2.75, 3.05) is 6.54 Å². The quantitative estimate of drug-likeness (QED) is 0.489. The molecule has 3 heterocycles. The molecular formula is C21H24N6O2. The van der Waals surface area contributed by atoms with E-state index in [0.717, 1.165) is 24.0 Å². The van der Waals surface area contributed by atoms with E-state index in [4.69, 9.17) is 0 Å². The Kier molecular flexibility index (Phi) is 5.16. The van der Waals surface area contributed by atoms with Gasteiger partial charge in [0.15, 0.2) is 5.69 Å². The summed E-state index contributed by atoms with van der Waals surface area (Å²) in [7, 11) is 0. The second kappa shape index (κ2) is 7.90. The van der Waals surface area contributed by atoms with Gasteiger partial charge in [-0.2, -0.15) is 10.2 Å². The van der Waals surface area contributed by atoms with Gasteiger partial charge in [-0.3, -0.25) is 14.3 Å². The van der Waals surface area contributed by atoms with Crippen LogP contribution in [0.25, 0.3) is 16.6 Å². The monoisotopic (exact) mass is 392 g/mol. The van der Waals surface area contributed by atoms with E-state index in [2.05, 4.69) is 29.4 Å². The SMILES string of the molecule is CC(C)Cn1c(=O)c2cc(C(=O)NCCCn3cccn3)nn2c2ccccc21. The number of carbonyl (C=O) groups excluding carboxylic acids is 1. The van der Waals surface area contributed by atoms with Crippen LogP contribution in [0.2, 0.25) is 0 Å². The average Bonchev–Trinajstić information content (AvgIpc) is 3.38. The number of aryl methyl sites for hydroxylation is 1. The highest BCUT2D eigenvalue weighted by Gasteiger charge is 2.17. The summed E-state index contributed by atoms with van der Waals surface area (Å²) in [5.41, 5.74) is 2.13. The highest BCUT2D eigenvalue weighted by atomic mass is 16.2. The third-order valence-corrected chi connectivity index (χ3v) is 4.76. The van der Waals surface area contributed by atoms with Gasteiger partial charge in [-0.05, 0) is 30.5 Å². The first-order valence-corrected chi connectivity index (χ1v) is 9.81. The molecule has 4 rings (SSSR count). The van der Waals surface area contributed by atoms with Gasteiger partial charge in [0.2, 0.25) is 0 Å². The number of nitrogens with zero attached hydrogens (tertiary/aromatic N) is 5. The molecule has 0 saturated heterocycles. The van der Waals surface area contributed by atoms with E-state index in [1.54, 1.807) is 21.3 Å². The highest BCUT2D eigenvalue weighted by molar-refractivity contribution is 5.94. The lowest BCUT2D eigenvalue weighted by molar-refractivity contribution is 0.0947. The second-order valence-corrected chi connectivity index (χ2v) is 7.50. The minimum Gasteiger partial charge on any atom is -0.351 e. The normalized spacial score (nSPS) is 11.6. The van der Waals surface area contributed by atoms with E-state index in [1.165, 1.54) is 0 Å². The summed E-state index contributed by atoms with van der Waals surface area (Å²) >= 11 is 0. The van der Waals surface area contributed by atoms with Crippen LogP contribution in [-0.2, 0) is 13.1 Å². The van der Waals surface area contributed by atoms with Crippen molar-refractivity contribution in [3.63, 3.8) is 0 Å². The molecule has 150 valence electrons. The molecule has 0 aliphatic heterocycles. The maximum Gasteiger partial charge on any atom is 0.277 e. The summed E-state index contributed by atoms with van der Waals surface area (Å²) in [4.78, 5) is 25.6. The molecule has 0 aliphatic carbocycles. The van der Waals surface area contributed by atoms with E-state index < -0.39 is 0 Å². The molecular weight excluding hydrogens is 368 g/mol. The summed E-state index contributed by atoms with van der Waals surface area (Å²) in [5, 5.41) is 11.4. The fraction of sp³-hybridized carbons (Fsp3) is 0.333. The van der Waals surface area contributed by atoms with Gasteiger partial charge >= 0.3 is 0 Å². The van der Waals surface area contributed by atoms with Crippen molar-refractivity contribution in [1.29, 1.82) is 0 Å². The molecule has 1 amide bonds. The standard InChI is InChI=1S/C21H24N6O2/c1-15(2)14-26-17-7-3-4-8-18(17)27-19(21(26)29)13-16(24-27)20(28)22-9-5-11-25-12-6-10-23-25/h3-4,6-8,10,12-13,15H,5,9,11,14H2,1-2H3,(H,22,28). The smallest absolute Gasteiger partial charge is 0.277 e. The Bertz CT molecular complexity index is 1200. The van der Waals surface area contributed by atoms with E-state index >= 15 is 0 Å². The predicted molar refractivity (Wildman–Crippen MR) is 111 cm³/mol. The van der Waals surface area contributed by atoms with Crippen LogP contribution < -0.4 is 10.9 Å². The van der Waals surface area contributed by atoms with Crippen molar-refractivity contribution in [3.8, 4) is 0 Å². The molecule has 0 bridgehead atoms. The molecule has 0 unspecified atom stereocenters. The Morgan fingerprint density at radius 2 is 1.93 bits per heavy atom. The number of carbonyl (C=O) groups is 1. The molecule has 0 aliphatic rings. The zero-order chi connectivity index (χ0) is 20.4. The molecule has 0 radical (unpaired) electrons. The number of rotatable bonds is 7. The first-order valence-electron chi connectivity index (χ1n) is 9.81. The zero-order valence-electron chi connectivity index (χ0n) is 16.6. The molecule has 8 nitrogen and oxygen atoms in total. The van der Waals surface area contributed by atoms with Gasteiger partial charge in [0.1, 0.15) is 5.52 Å². The summed E-state index contributed by atoms with van der Waals surface area (Å²) in [6.45, 7) is 5.98. The summed E-state index contributed by atoms with van der Waals surface area (Å²) in [6, 6.07) is 11.1. The number of aromatic nitrogens is 5. The van der Waals surface area contributed by atoms with E-state index in [-0.39, 0.29) is 17.2 Å². The number of nitrogens with one attached hydrogen (secondary N) is 1. The van der Waals surface area contributed by atoms with Crippen LogP contribution in [-0.4, -0.2) is 36.4 Å². The largest absolute Gasteiger partial charge is 0.351 e. The molecule has 0 atom stereocenters. The predicted octanol–water partition coefficient (Wildman–Crippen LogP) is 2.32. The number of benzene rings is 1. The van der Waals surface area contributed by atoms with Crippen LogP contribution >= 0.6 is 0 Å².